The highest BCUT2D eigenvalue weighted by Gasteiger charge is 2.06. The highest BCUT2D eigenvalue weighted by atomic mass is 16.1. The summed E-state index contributed by atoms with van der Waals surface area (Å²) < 4.78 is 0. The van der Waals surface area contributed by atoms with Gasteiger partial charge in [0.1, 0.15) is 0 Å². The zero-order chi connectivity index (χ0) is 12.0. The predicted molar refractivity (Wildman–Crippen MR) is 66.3 cm³/mol. The number of amides is 1. The van der Waals surface area contributed by atoms with Gasteiger partial charge in [-0.15, -0.1) is 0 Å². The summed E-state index contributed by atoms with van der Waals surface area (Å²) in [5.41, 5.74) is 2.60. The molecule has 0 radical (unpaired) electrons. The van der Waals surface area contributed by atoms with Gasteiger partial charge in [-0.3, -0.25) is 4.79 Å². The van der Waals surface area contributed by atoms with E-state index < -0.39 is 0 Å². The van der Waals surface area contributed by atoms with Crippen LogP contribution >= 0.6 is 0 Å². The maximum Gasteiger partial charge on any atom is 0.216 e. The van der Waals surface area contributed by atoms with Gasteiger partial charge in [0, 0.05) is 26.1 Å². The molecule has 2 N–H and O–H groups in total. The summed E-state index contributed by atoms with van der Waals surface area (Å²) in [5, 5.41) is 6.15. The van der Waals surface area contributed by atoms with Gasteiger partial charge in [0.25, 0.3) is 0 Å². The molecule has 1 aromatic rings. The average Bonchev–Trinajstić information content (AvgIpc) is 2.24. The van der Waals surface area contributed by atoms with Crippen molar-refractivity contribution in [3.05, 3.63) is 35.4 Å². The van der Waals surface area contributed by atoms with Crippen LogP contribution in [0.25, 0.3) is 0 Å². The van der Waals surface area contributed by atoms with Gasteiger partial charge in [0.05, 0.1) is 0 Å². The second-order valence-corrected chi connectivity index (χ2v) is 4.02. The van der Waals surface area contributed by atoms with Crippen molar-refractivity contribution in [1.29, 1.82) is 0 Å². The number of benzene rings is 1. The van der Waals surface area contributed by atoms with Crippen molar-refractivity contribution >= 4 is 5.91 Å². The summed E-state index contributed by atoms with van der Waals surface area (Å²) in [6.45, 7) is 7.24. The average molecular weight is 220 g/mol. The monoisotopic (exact) mass is 220 g/mol. The molecule has 3 heteroatoms. The molecule has 0 saturated carbocycles. The van der Waals surface area contributed by atoms with Crippen molar-refractivity contribution in [3.8, 4) is 0 Å². The molecule has 0 saturated heterocycles. The lowest BCUT2D eigenvalue weighted by Gasteiger charge is -2.16. The molecule has 1 rings (SSSR count). The zero-order valence-corrected chi connectivity index (χ0v) is 10.2. The van der Waals surface area contributed by atoms with Gasteiger partial charge in [-0.2, -0.15) is 0 Å². The molecular weight excluding hydrogens is 200 g/mol. The molecule has 0 heterocycles. The summed E-state index contributed by atoms with van der Waals surface area (Å²) in [6.07, 6.45) is 0. The Balaban J connectivity index is 2.38. The zero-order valence-electron chi connectivity index (χ0n) is 10.2. The lowest BCUT2D eigenvalue weighted by Crippen LogP contribution is -2.31. The van der Waals surface area contributed by atoms with E-state index in [2.05, 4.69) is 36.6 Å². The Hall–Kier alpha value is -1.35. The second kappa shape index (κ2) is 6.28. The smallest absolute Gasteiger partial charge is 0.216 e. The van der Waals surface area contributed by atoms with E-state index in [1.807, 2.05) is 12.1 Å². The van der Waals surface area contributed by atoms with E-state index in [1.165, 1.54) is 18.1 Å². The van der Waals surface area contributed by atoms with Crippen LogP contribution in [-0.2, 0) is 4.79 Å². The number of aryl methyl sites for hydroxylation is 1. The first kappa shape index (κ1) is 12.7. The Morgan fingerprint density at radius 2 is 2.00 bits per heavy atom. The minimum atomic E-state index is 0.0188. The van der Waals surface area contributed by atoms with Crippen LogP contribution in [0.3, 0.4) is 0 Å². The topological polar surface area (TPSA) is 41.1 Å². The molecule has 16 heavy (non-hydrogen) atoms. The first-order valence-electron chi connectivity index (χ1n) is 5.64. The van der Waals surface area contributed by atoms with E-state index in [1.54, 1.807) is 0 Å². The van der Waals surface area contributed by atoms with Gasteiger partial charge in [-0.1, -0.05) is 24.3 Å². The van der Waals surface area contributed by atoms with Crippen LogP contribution in [0.1, 0.15) is 31.0 Å². The van der Waals surface area contributed by atoms with Crippen LogP contribution < -0.4 is 10.6 Å². The first-order valence-corrected chi connectivity index (χ1v) is 5.64. The van der Waals surface area contributed by atoms with Crippen molar-refractivity contribution in [3.63, 3.8) is 0 Å². The number of rotatable bonds is 5. The van der Waals surface area contributed by atoms with Crippen molar-refractivity contribution in [1.82, 2.24) is 10.6 Å². The maximum absolute atomic E-state index is 10.7. The summed E-state index contributed by atoms with van der Waals surface area (Å²) in [6, 6.07) is 8.65. The minimum absolute atomic E-state index is 0.0188. The van der Waals surface area contributed by atoms with Crippen molar-refractivity contribution < 1.29 is 4.79 Å². The second-order valence-electron chi connectivity index (χ2n) is 4.02. The molecule has 0 aliphatic heterocycles. The first-order chi connectivity index (χ1) is 7.61. The van der Waals surface area contributed by atoms with Gasteiger partial charge in [-0.25, -0.2) is 0 Å². The van der Waals surface area contributed by atoms with Crippen LogP contribution in [-0.4, -0.2) is 19.0 Å². The lowest BCUT2D eigenvalue weighted by molar-refractivity contribution is -0.118. The Kier molecular flexibility index (Phi) is 4.99. The number of hydrogen-bond donors (Lipinski definition) is 2. The highest BCUT2D eigenvalue weighted by molar-refractivity contribution is 5.72. The standard InChI is InChI=1S/C13H20N2O/c1-10-6-4-5-7-13(10)11(2)14-8-9-15-12(3)16/h4-7,11,14H,8-9H2,1-3H3,(H,15,16)/t11-/m1/s1. The van der Waals surface area contributed by atoms with Crippen LogP contribution in [0, 0.1) is 6.92 Å². The Labute approximate surface area is 97.2 Å². The molecule has 3 nitrogen and oxygen atoms in total. The highest BCUT2D eigenvalue weighted by Crippen LogP contribution is 2.15. The summed E-state index contributed by atoms with van der Waals surface area (Å²) in [5.74, 6) is 0.0188. The van der Waals surface area contributed by atoms with Crippen molar-refractivity contribution in [2.75, 3.05) is 13.1 Å². The van der Waals surface area contributed by atoms with Crippen LogP contribution in [0.5, 0.6) is 0 Å². The molecule has 0 aliphatic carbocycles. The summed E-state index contributed by atoms with van der Waals surface area (Å²) in [4.78, 5) is 10.7. The van der Waals surface area contributed by atoms with E-state index in [0.29, 0.717) is 12.6 Å². The molecule has 1 amide bonds. The predicted octanol–water partition coefficient (Wildman–Crippen LogP) is 1.78. The van der Waals surface area contributed by atoms with Crippen molar-refractivity contribution in [2.24, 2.45) is 0 Å². The van der Waals surface area contributed by atoms with E-state index in [9.17, 15) is 4.79 Å². The fraction of sp³-hybridized carbons (Fsp3) is 0.462. The summed E-state index contributed by atoms with van der Waals surface area (Å²) in [7, 11) is 0. The Morgan fingerprint density at radius 3 is 2.62 bits per heavy atom. The van der Waals surface area contributed by atoms with Crippen LogP contribution in [0.2, 0.25) is 0 Å². The van der Waals surface area contributed by atoms with Gasteiger partial charge in [0.2, 0.25) is 5.91 Å². The number of hydrogen-bond acceptors (Lipinski definition) is 2. The number of nitrogens with one attached hydrogen (secondary N) is 2. The van der Waals surface area contributed by atoms with Crippen molar-refractivity contribution in [2.45, 2.75) is 26.8 Å². The number of carbonyl (C=O) groups is 1. The molecular formula is C13H20N2O. The van der Waals surface area contributed by atoms with Crippen LogP contribution in [0.15, 0.2) is 24.3 Å². The summed E-state index contributed by atoms with van der Waals surface area (Å²) >= 11 is 0. The van der Waals surface area contributed by atoms with E-state index in [0.717, 1.165) is 6.54 Å². The molecule has 0 fully saturated rings. The molecule has 0 aromatic heterocycles. The molecule has 0 unspecified atom stereocenters. The third-order valence-electron chi connectivity index (χ3n) is 2.60. The minimum Gasteiger partial charge on any atom is -0.355 e. The number of carbonyl (C=O) groups excluding carboxylic acids is 1. The Morgan fingerprint density at radius 1 is 1.31 bits per heavy atom. The van der Waals surface area contributed by atoms with E-state index >= 15 is 0 Å². The molecule has 1 atom stereocenters. The van der Waals surface area contributed by atoms with E-state index in [-0.39, 0.29) is 5.91 Å². The fourth-order valence-electron chi connectivity index (χ4n) is 1.71. The quantitative estimate of drug-likeness (QED) is 0.743. The van der Waals surface area contributed by atoms with Gasteiger partial charge < -0.3 is 10.6 Å². The van der Waals surface area contributed by atoms with E-state index in [4.69, 9.17) is 0 Å². The SMILES string of the molecule is CC(=O)NCCN[C@H](C)c1ccccc1C. The maximum atomic E-state index is 10.7. The molecule has 88 valence electrons. The largest absolute Gasteiger partial charge is 0.355 e. The fourth-order valence-corrected chi connectivity index (χ4v) is 1.71. The normalized spacial score (nSPS) is 12.2. The molecule has 1 aromatic carbocycles. The van der Waals surface area contributed by atoms with Gasteiger partial charge >= 0.3 is 0 Å². The van der Waals surface area contributed by atoms with Gasteiger partial charge in [-0.05, 0) is 25.0 Å². The Bertz CT molecular complexity index is 350. The third kappa shape index (κ3) is 4.03. The molecule has 0 bridgehead atoms. The third-order valence-corrected chi connectivity index (χ3v) is 2.60. The van der Waals surface area contributed by atoms with Gasteiger partial charge in [0.15, 0.2) is 0 Å². The van der Waals surface area contributed by atoms with Crippen LogP contribution in [0.4, 0.5) is 0 Å². The lowest BCUT2D eigenvalue weighted by atomic mass is 10.0. The molecule has 0 spiro atoms. The molecule has 0 aliphatic rings.